The summed E-state index contributed by atoms with van der Waals surface area (Å²) in [5.41, 5.74) is 6.11. The third kappa shape index (κ3) is 3.07. The van der Waals surface area contributed by atoms with Crippen molar-refractivity contribution in [2.45, 2.75) is 45.7 Å². The Labute approximate surface area is 108 Å². The van der Waals surface area contributed by atoms with Gasteiger partial charge in [-0.2, -0.15) is 10.5 Å². The summed E-state index contributed by atoms with van der Waals surface area (Å²) in [6, 6.07) is 3.78. The first kappa shape index (κ1) is 14.2. The van der Waals surface area contributed by atoms with Gasteiger partial charge in [-0.25, -0.2) is 4.99 Å². The maximum atomic E-state index is 8.86. The molecule has 0 radical (unpaired) electrons. The number of aliphatic imine (C=N–C) groups is 2. The molecule has 2 N–H and O–H groups in total. The second-order valence-corrected chi connectivity index (χ2v) is 4.44. The molecular formula is C13H19N5. The fourth-order valence-corrected chi connectivity index (χ4v) is 2.06. The topological polar surface area (TPSA) is 98.3 Å². The third-order valence-corrected chi connectivity index (χ3v) is 3.21. The van der Waals surface area contributed by atoms with Crippen LogP contribution in [0.4, 0.5) is 0 Å². The van der Waals surface area contributed by atoms with Crippen molar-refractivity contribution >= 4 is 11.5 Å². The van der Waals surface area contributed by atoms with Crippen LogP contribution in [0, 0.1) is 34.5 Å². The van der Waals surface area contributed by atoms with Gasteiger partial charge in [-0.3, -0.25) is 4.99 Å². The van der Waals surface area contributed by atoms with E-state index in [2.05, 4.69) is 23.8 Å². The molecule has 0 spiro atoms. The van der Waals surface area contributed by atoms with Crippen LogP contribution in [0.5, 0.6) is 0 Å². The first-order chi connectivity index (χ1) is 8.67. The molecule has 5 nitrogen and oxygen atoms in total. The number of hydrogen-bond acceptors (Lipinski definition) is 5. The highest BCUT2D eigenvalue weighted by atomic mass is 15.1. The van der Waals surface area contributed by atoms with Gasteiger partial charge in [0.05, 0.1) is 12.1 Å². The van der Waals surface area contributed by atoms with E-state index in [-0.39, 0.29) is 12.0 Å². The van der Waals surface area contributed by atoms with Crippen LogP contribution in [0.25, 0.3) is 0 Å². The van der Waals surface area contributed by atoms with Crippen molar-refractivity contribution in [2.24, 2.45) is 27.6 Å². The molecule has 0 aromatic heterocycles. The van der Waals surface area contributed by atoms with Crippen molar-refractivity contribution < 1.29 is 0 Å². The first-order valence-corrected chi connectivity index (χ1v) is 6.38. The highest BCUT2D eigenvalue weighted by molar-refractivity contribution is 6.43. The molecule has 0 bridgehead atoms. The van der Waals surface area contributed by atoms with Crippen molar-refractivity contribution in [3.05, 3.63) is 0 Å². The van der Waals surface area contributed by atoms with Gasteiger partial charge in [-0.1, -0.05) is 26.7 Å². The Bertz CT molecular complexity index is 410. The standard InChI is InChI=1S/C13H19N5/c1-3-5-6-9(4-2)13-17-11(12(16)18-13)10(7-14)8-15/h9-10,13H,3-6H2,1-2H3,(H2,16,18)/t9-,13+/m0/s1. The maximum absolute atomic E-state index is 8.86. The minimum absolute atomic E-state index is 0.208. The Morgan fingerprint density at radius 2 is 1.94 bits per heavy atom. The van der Waals surface area contributed by atoms with E-state index >= 15 is 0 Å². The Balaban J connectivity index is 2.83. The van der Waals surface area contributed by atoms with Crippen LogP contribution in [0.3, 0.4) is 0 Å². The number of nitriles is 2. The Kier molecular flexibility index (Phi) is 5.32. The smallest absolute Gasteiger partial charge is 0.178 e. The minimum Gasteiger partial charge on any atom is -0.382 e. The highest BCUT2D eigenvalue weighted by Crippen LogP contribution is 2.24. The van der Waals surface area contributed by atoms with Crippen LogP contribution >= 0.6 is 0 Å². The van der Waals surface area contributed by atoms with Gasteiger partial charge < -0.3 is 5.73 Å². The Morgan fingerprint density at radius 1 is 1.28 bits per heavy atom. The van der Waals surface area contributed by atoms with Gasteiger partial charge in [0.15, 0.2) is 5.92 Å². The summed E-state index contributed by atoms with van der Waals surface area (Å²) in [6.07, 6.45) is 4.09. The van der Waals surface area contributed by atoms with E-state index in [1.165, 1.54) is 0 Å². The van der Waals surface area contributed by atoms with Crippen molar-refractivity contribution in [3.63, 3.8) is 0 Å². The summed E-state index contributed by atoms with van der Waals surface area (Å²) in [7, 11) is 0. The molecule has 18 heavy (non-hydrogen) atoms. The Morgan fingerprint density at radius 3 is 2.44 bits per heavy atom. The number of hydrogen-bond donors (Lipinski definition) is 1. The van der Waals surface area contributed by atoms with Gasteiger partial charge >= 0.3 is 0 Å². The SMILES string of the molecule is CCCC[C@H](CC)[C@H]1N=C(N)C(C(C#N)C#N)=N1. The van der Waals surface area contributed by atoms with E-state index < -0.39 is 5.92 Å². The van der Waals surface area contributed by atoms with Crippen molar-refractivity contribution in [1.82, 2.24) is 0 Å². The number of nitrogens with zero attached hydrogens (tertiary/aromatic N) is 4. The zero-order valence-corrected chi connectivity index (χ0v) is 10.9. The Hall–Kier alpha value is -1.88. The lowest BCUT2D eigenvalue weighted by Crippen LogP contribution is -2.26. The molecule has 1 aliphatic rings. The molecule has 0 aliphatic carbocycles. The lowest BCUT2D eigenvalue weighted by molar-refractivity contribution is 0.384. The number of amidine groups is 1. The van der Waals surface area contributed by atoms with Gasteiger partial charge in [-0.05, 0) is 12.8 Å². The summed E-state index contributed by atoms with van der Waals surface area (Å²) in [5, 5.41) is 17.7. The summed E-state index contributed by atoms with van der Waals surface area (Å²) in [5.74, 6) is -0.301. The van der Waals surface area contributed by atoms with E-state index in [0.717, 1.165) is 25.7 Å². The molecule has 0 unspecified atom stereocenters. The van der Waals surface area contributed by atoms with E-state index in [1.807, 2.05) is 12.1 Å². The molecule has 2 atom stereocenters. The highest BCUT2D eigenvalue weighted by Gasteiger charge is 2.29. The molecule has 0 aromatic carbocycles. The zero-order chi connectivity index (χ0) is 13.5. The molecule has 0 amide bonds. The van der Waals surface area contributed by atoms with Crippen LogP contribution in [0.15, 0.2) is 9.98 Å². The second-order valence-electron chi connectivity index (χ2n) is 4.44. The molecule has 1 heterocycles. The van der Waals surface area contributed by atoms with Gasteiger partial charge in [0.1, 0.15) is 17.7 Å². The van der Waals surface area contributed by atoms with Crippen LogP contribution in [-0.4, -0.2) is 17.7 Å². The van der Waals surface area contributed by atoms with Crippen molar-refractivity contribution in [3.8, 4) is 12.1 Å². The average Bonchev–Trinajstić information content (AvgIpc) is 2.74. The van der Waals surface area contributed by atoms with Crippen molar-refractivity contribution in [2.75, 3.05) is 0 Å². The lowest BCUT2D eigenvalue weighted by Gasteiger charge is -2.16. The molecular weight excluding hydrogens is 226 g/mol. The molecule has 96 valence electrons. The largest absolute Gasteiger partial charge is 0.382 e. The number of rotatable bonds is 6. The maximum Gasteiger partial charge on any atom is 0.178 e. The van der Waals surface area contributed by atoms with Crippen LogP contribution in [-0.2, 0) is 0 Å². The average molecular weight is 245 g/mol. The van der Waals surface area contributed by atoms with E-state index in [0.29, 0.717) is 11.6 Å². The second kappa shape index (κ2) is 6.76. The van der Waals surface area contributed by atoms with Crippen LogP contribution in [0.2, 0.25) is 0 Å². The molecule has 1 aliphatic heterocycles. The van der Waals surface area contributed by atoms with E-state index in [9.17, 15) is 0 Å². The number of nitrogens with two attached hydrogens (primary N) is 1. The molecule has 0 saturated carbocycles. The van der Waals surface area contributed by atoms with Gasteiger partial charge in [0, 0.05) is 5.92 Å². The first-order valence-electron chi connectivity index (χ1n) is 6.38. The lowest BCUT2D eigenvalue weighted by atomic mass is 9.96. The van der Waals surface area contributed by atoms with Gasteiger partial charge in [-0.15, -0.1) is 0 Å². The fourth-order valence-electron chi connectivity index (χ4n) is 2.06. The summed E-state index contributed by atoms with van der Waals surface area (Å²) >= 11 is 0. The van der Waals surface area contributed by atoms with Gasteiger partial charge in [0.2, 0.25) is 0 Å². The molecule has 1 rings (SSSR count). The molecule has 0 fully saturated rings. The molecule has 0 saturated heterocycles. The third-order valence-electron chi connectivity index (χ3n) is 3.21. The summed E-state index contributed by atoms with van der Waals surface area (Å²) in [6.45, 7) is 4.25. The predicted molar refractivity (Wildman–Crippen MR) is 70.9 cm³/mol. The minimum atomic E-state index is -0.901. The quantitative estimate of drug-likeness (QED) is 0.774. The van der Waals surface area contributed by atoms with Crippen molar-refractivity contribution in [1.29, 1.82) is 10.5 Å². The van der Waals surface area contributed by atoms with Gasteiger partial charge in [0.25, 0.3) is 0 Å². The summed E-state index contributed by atoms with van der Waals surface area (Å²) < 4.78 is 0. The predicted octanol–water partition coefficient (Wildman–Crippen LogP) is 2.00. The number of unbranched alkanes of at least 4 members (excludes halogenated alkanes) is 1. The normalized spacial score (nSPS) is 19.9. The van der Waals surface area contributed by atoms with E-state index in [1.54, 1.807) is 0 Å². The molecule has 5 heteroatoms. The fraction of sp³-hybridized carbons (Fsp3) is 0.692. The van der Waals surface area contributed by atoms with Crippen LogP contribution in [0.1, 0.15) is 39.5 Å². The zero-order valence-electron chi connectivity index (χ0n) is 10.9. The molecule has 0 aromatic rings. The van der Waals surface area contributed by atoms with Crippen LogP contribution < -0.4 is 5.73 Å². The van der Waals surface area contributed by atoms with E-state index in [4.69, 9.17) is 16.3 Å². The summed E-state index contributed by atoms with van der Waals surface area (Å²) in [4.78, 5) is 8.68. The monoisotopic (exact) mass is 245 g/mol.